The predicted octanol–water partition coefficient (Wildman–Crippen LogP) is -0.112. The van der Waals surface area contributed by atoms with Gasteiger partial charge in [0.25, 0.3) is 10.0 Å². The van der Waals surface area contributed by atoms with Crippen LogP contribution < -0.4 is 4.72 Å². The van der Waals surface area contributed by atoms with Crippen LogP contribution in [0.25, 0.3) is 0 Å². The molecule has 1 aromatic rings. The minimum atomic E-state index is -3.91. The first kappa shape index (κ1) is 15.2. The standard InChI is InChI=1S/C8H12N2O5S3/c1-2-17(13)4-3-10-18(14,15)8-6(7(11)12)9-5-16-8/h5,10H,2-4H2,1H3,(H,11,12). The molecule has 0 fully saturated rings. The number of carboxylic acids is 1. The van der Waals surface area contributed by atoms with Gasteiger partial charge in [-0.2, -0.15) is 0 Å². The Morgan fingerprint density at radius 2 is 2.28 bits per heavy atom. The number of nitrogens with one attached hydrogen (secondary N) is 1. The first-order chi connectivity index (χ1) is 8.38. The summed E-state index contributed by atoms with van der Waals surface area (Å²) in [6, 6.07) is 0. The fourth-order valence-corrected chi connectivity index (χ4v) is 4.03. The summed E-state index contributed by atoms with van der Waals surface area (Å²) in [5, 5.41) is 8.77. The number of nitrogens with zero attached hydrogens (tertiary/aromatic N) is 1. The molecule has 18 heavy (non-hydrogen) atoms. The van der Waals surface area contributed by atoms with Gasteiger partial charge in [-0.25, -0.2) is 22.9 Å². The zero-order valence-electron chi connectivity index (χ0n) is 9.45. The molecule has 0 amide bonds. The Balaban J connectivity index is 2.78. The molecule has 0 aliphatic rings. The lowest BCUT2D eigenvalue weighted by atomic mass is 10.5. The molecule has 2 N–H and O–H groups in total. The van der Waals surface area contributed by atoms with Crippen molar-refractivity contribution in [3.05, 3.63) is 11.2 Å². The Hall–Kier alpha value is -0.840. The van der Waals surface area contributed by atoms with E-state index >= 15 is 0 Å². The normalized spacial score (nSPS) is 13.4. The lowest BCUT2D eigenvalue weighted by Crippen LogP contribution is -2.28. The second-order valence-electron chi connectivity index (χ2n) is 3.12. The van der Waals surface area contributed by atoms with Crippen LogP contribution in [0.15, 0.2) is 9.72 Å². The smallest absolute Gasteiger partial charge is 0.356 e. The number of aromatic nitrogens is 1. The molecule has 0 aromatic carbocycles. The molecule has 0 saturated heterocycles. The zero-order chi connectivity index (χ0) is 13.8. The van der Waals surface area contributed by atoms with Crippen molar-refractivity contribution < 1.29 is 22.5 Å². The van der Waals surface area contributed by atoms with Crippen LogP contribution in [0.4, 0.5) is 0 Å². The van der Waals surface area contributed by atoms with E-state index in [1.54, 1.807) is 6.92 Å². The van der Waals surface area contributed by atoms with Gasteiger partial charge in [0.15, 0.2) is 9.90 Å². The summed E-state index contributed by atoms with van der Waals surface area (Å²) >= 11 is 0.731. The van der Waals surface area contributed by atoms with Crippen molar-refractivity contribution in [1.82, 2.24) is 9.71 Å². The van der Waals surface area contributed by atoms with Crippen LogP contribution in [-0.2, 0) is 20.8 Å². The molecule has 1 atom stereocenters. The summed E-state index contributed by atoms with van der Waals surface area (Å²) < 4.78 is 36.6. The fourth-order valence-electron chi connectivity index (χ4n) is 1.07. The maximum Gasteiger partial charge on any atom is 0.356 e. The Bertz CT molecular complexity index is 551. The van der Waals surface area contributed by atoms with Crippen LogP contribution in [0, 0.1) is 0 Å². The molecule has 0 saturated carbocycles. The molecule has 102 valence electrons. The lowest BCUT2D eigenvalue weighted by Gasteiger charge is -2.04. The van der Waals surface area contributed by atoms with Gasteiger partial charge in [0.2, 0.25) is 0 Å². The second kappa shape index (κ2) is 6.36. The summed E-state index contributed by atoms with van der Waals surface area (Å²) in [6.45, 7) is 1.73. The second-order valence-corrected chi connectivity index (χ2v) is 7.81. The summed E-state index contributed by atoms with van der Waals surface area (Å²) in [4.78, 5) is 14.2. The van der Waals surface area contributed by atoms with Gasteiger partial charge in [-0.1, -0.05) is 6.92 Å². The van der Waals surface area contributed by atoms with E-state index in [2.05, 4.69) is 9.71 Å². The molecular formula is C8H12N2O5S3. The fraction of sp³-hybridized carbons (Fsp3) is 0.500. The molecule has 0 spiro atoms. The number of rotatable bonds is 7. The van der Waals surface area contributed by atoms with Crippen molar-refractivity contribution in [3.8, 4) is 0 Å². The Morgan fingerprint density at radius 3 is 2.83 bits per heavy atom. The number of aromatic carboxylic acids is 1. The van der Waals surface area contributed by atoms with E-state index in [1.807, 2.05) is 0 Å². The average molecular weight is 312 g/mol. The van der Waals surface area contributed by atoms with Gasteiger partial charge in [0.05, 0.1) is 5.51 Å². The number of thiazole rings is 1. The van der Waals surface area contributed by atoms with Crippen molar-refractivity contribution in [1.29, 1.82) is 0 Å². The van der Waals surface area contributed by atoms with Gasteiger partial charge in [-0.05, 0) is 0 Å². The molecule has 1 aromatic heterocycles. The van der Waals surface area contributed by atoms with E-state index in [9.17, 15) is 17.4 Å². The minimum absolute atomic E-state index is 0.000254. The molecule has 1 unspecified atom stereocenters. The summed E-state index contributed by atoms with van der Waals surface area (Å²) in [6.07, 6.45) is 0. The highest BCUT2D eigenvalue weighted by atomic mass is 32.2. The first-order valence-corrected chi connectivity index (χ1v) is 8.75. The van der Waals surface area contributed by atoms with Crippen molar-refractivity contribution in [3.63, 3.8) is 0 Å². The van der Waals surface area contributed by atoms with Gasteiger partial charge in [-0.3, -0.25) is 4.21 Å². The Kier molecular flexibility index (Phi) is 5.38. The number of hydrogen-bond acceptors (Lipinski definition) is 6. The van der Waals surface area contributed by atoms with E-state index in [4.69, 9.17) is 5.11 Å². The number of carbonyl (C=O) groups is 1. The molecule has 1 heterocycles. The minimum Gasteiger partial charge on any atom is -0.476 e. The van der Waals surface area contributed by atoms with E-state index in [-0.39, 0.29) is 16.5 Å². The van der Waals surface area contributed by atoms with Crippen LogP contribution in [0.2, 0.25) is 0 Å². The SMILES string of the molecule is CCS(=O)CCNS(=O)(=O)c1scnc1C(=O)O. The Morgan fingerprint density at radius 1 is 1.61 bits per heavy atom. The maximum atomic E-state index is 11.8. The van der Waals surface area contributed by atoms with Crippen molar-refractivity contribution in [2.75, 3.05) is 18.1 Å². The van der Waals surface area contributed by atoms with Crippen LogP contribution in [0.5, 0.6) is 0 Å². The van der Waals surface area contributed by atoms with Crippen molar-refractivity contribution >= 4 is 38.1 Å². The van der Waals surface area contributed by atoms with Gasteiger partial charge < -0.3 is 5.11 Å². The zero-order valence-corrected chi connectivity index (χ0v) is 11.9. The quantitative estimate of drug-likeness (QED) is 0.726. The number of sulfonamides is 1. The van der Waals surface area contributed by atoms with E-state index < -0.39 is 32.5 Å². The lowest BCUT2D eigenvalue weighted by molar-refractivity contribution is 0.0687. The van der Waals surface area contributed by atoms with Gasteiger partial charge in [-0.15, -0.1) is 11.3 Å². The van der Waals surface area contributed by atoms with Crippen LogP contribution >= 0.6 is 11.3 Å². The van der Waals surface area contributed by atoms with E-state index in [0.29, 0.717) is 5.75 Å². The Labute approximate surface area is 111 Å². The molecule has 10 heteroatoms. The third kappa shape index (κ3) is 3.83. The first-order valence-electron chi connectivity index (χ1n) is 4.90. The average Bonchev–Trinajstić information content (AvgIpc) is 2.78. The van der Waals surface area contributed by atoms with Gasteiger partial charge in [0.1, 0.15) is 0 Å². The van der Waals surface area contributed by atoms with Crippen molar-refractivity contribution in [2.24, 2.45) is 0 Å². The van der Waals surface area contributed by atoms with Gasteiger partial charge in [0, 0.05) is 28.9 Å². The maximum absolute atomic E-state index is 11.8. The molecule has 0 radical (unpaired) electrons. The molecule has 0 aliphatic heterocycles. The third-order valence-corrected chi connectivity index (χ3v) is 6.06. The molecule has 7 nitrogen and oxygen atoms in total. The third-order valence-electron chi connectivity index (χ3n) is 1.93. The number of hydrogen-bond donors (Lipinski definition) is 2. The largest absolute Gasteiger partial charge is 0.476 e. The van der Waals surface area contributed by atoms with E-state index in [1.165, 1.54) is 0 Å². The highest BCUT2D eigenvalue weighted by Gasteiger charge is 2.25. The molecular weight excluding hydrogens is 300 g/mol. The summed E-state index contributed by atoms with van der Waals surface area (Å²) in [5.74, 6) is -0.756. The van der Waals surface area contributed by atoms with Gasteiger partial charge >= 0.3 is 5.97 Å². The topological polar surface area (TPSA) is 113 Å². The molecule has 1 rings (SSSR count). The highest BCUT2D eigenvalue weighted by Crippen LogP contribution is 2.19. The van der Waals surface area contributed by atoms with Crippen LogP contribution in [-0.4, -0.2) is 46.7 Å². The van der Waals surface area contributed by atoms with Crippen molar-refractivity contribution in [2.45, 2.75) is 11.1 Å². The van der Waals surface area contributed by atoms with E-state index in [0.717, 1.165) is 16.8 Å². The van der Waals surface area contributed by atoms with Crippen LogP contribution in [0.3, 0.4) is 0 Å². The monoisotopic (exact) mass is 312 g/mol. The molecule has 0 aliphatic carbocycles. The predicted molar refractivity (Wildman–Crippen MR) is 67.8 cm³/mol. The number of carboxylic acid groups (broad SMARTS) is 1. The summed E-state index contributed by atoms with van der Waals surface area (Å²) in [5.41, 5.74) is 0.659. The van der Waals surface area contributed by atoms with Crippen LogP contribution in [0.1, 0.15) is 17.4 Å². The molecule has 0 bridgehead atoms. The highest BCUT2D eigenvalue weighted by molar-refractivity contribution is 7.91. The summed E-state index contributed by atoms with van der Waals surface area (Å²) in [7, 11) is -4.98.